The molecule has 2 aromatic rings. The topological polar surface area (TPSA) is 86.5 Å². The molecule has 1 saturated heterocycles. The van der Waals surface area contributed by atoms with Gasteiger partial charge in [-0.05, 0) is 38.4 Å². The summed E-state index contributed by atoms with van der Waals surface area (Å²) in [5.74, 6) is 1.50. The van der Waals surface area contributed by atoms with Crippen molar-refractivity contribution in [2.75, 3.05) is 11.9 Å². The molecule has 0 aromatic carbocycles. The van der Waals surface area contributed by atoms with Crippen LogP contribution in [0.15, 0.2) is 24.4 Å². The van der Waals surface area contributed by atoms with Crippen LogP contribution in [-0.4, -0.2) is 21.5 Å². The Labute approximate surface area is 129 Å². The number of hydrogen-bond acceptors (Lipinski definition) is 6. The van der Waals surface area contributed by atoms with Crippen LogP contribution in [0.5, 0.6) is 0 Å². The van der Waals surface area contributed by atoms with E-state index in [1.807, 2.05) is 25.1 Å². The molecule has 0 unspecified atom stereocenters. The first kappa shape index (κ1) is 14.4. The molecule has 0 bridgehead atoms. The summed E-state index contributed by atoms with van der Waals surface area (Å²) < 4.78 is 0. The van der Waals surface area contributed by atoms with Crippen LogP contribution in [0.3, 0.4) is 0 Å². The molecule has 0 radical (unpaired) electrons. The van der Waals surface area contributed by atoms with Crippen LogP contribution in [0.4, 0.5) is 11.5 Å². The van der Waals surface area contributed by atoms with Crippen LogP contribution < -0.4 is 10.6 Å². The number of piperidine rings is 1. The number of nitrogens with zero attached hydrogens (tertiary/aromatic N) is 4. The maximum atomic E-state index is 8.77. The van der Waals surface area contributed by atoms with E-state index < -0.39 is 0 Å². The van der Waals surface area contributed by atoms with Gasteiger partial charge in [-0.25, -0.2) is 15.0 Å². The van der Waals surface area contributed by atoms with Gasteiger partial charge in [0.05, 0.1) is 17.6 Å². The summed E-state index contributed by atoms with van der Waals surface area (Å²) in [6.07, 6.45) is 5.19. The highest BCUT2D eigenvalue weighted by Gasteiger charge is 2.17. The van der Waals surface area contributed by atoms with Crippen molar-refractivity contribution in [1.82, 2.24) is 20.3 Å². The highest BCUT2D eigenvalue weighted by atomic mass is 15.1. The molecular weight excluding hydrogens is 276 g/mol. The first-order chi connectivity index (χ1) is 10.7. The van der Waals surface area contributed by atoms with E-state index in [0.717, 1.165) is 36.0 Å². The van der Waals surface area contributed by atoms with Crippen LogP contribution in [0.25, 0.3) is 0 Å². The SMILES string of the molecule is Cc1nc(Nc2ccc(C#N)nc2)cc([C@@H]2CCCCN2)n1. The van der Waals surface area contributed by atoms with Gasteiger partial charge in [0.15, 0.2) is 0 Å². The first-order valence-electron chi connectivity index (χ1n) is 7.47. The number of nitrogens with one attached hydrogen (secondary N) is 2. The molecular formula is C16H18N6. The van der Waals surface area contributed by atoms with Crippen molar-refractivity contribution in [3.05, 3.63) is 41.6 Å². The Morgan fingerprint density at radius 3 is 2.91 bits per heavy atom. The van der Waals surface area contributed by atoms with E-state index in [0.29, 0.717) is 11.7 Å². The molecule has 6 nitrogen and oxygen atoms in total. The molecule has 3 rings (SSSR count). The third-order valence-corrected chi connectivity index (χ3v) is 3.68. The first-order valence-corrected chi connectivity index (χ1v) is 7.47. The van der Waals surface area contributed by atoms with Crippen molar-refractivity contribution >= 4 is 11.5 Å². The van der Waals surface area contributed by atoms with Crippen molar-refractivity contribution in [1.29, 1.82) is 5.26 Å². The van der Waals surface area contributed by atoms with Crippen LogP contribution in [0, 0.1) is 18.3 Å². The molecule has 1 aliphatic rings. The predicted molar refractivity (Wildman–Crippen MR) is 83.6 cm³/mol. The Hall–Kier alpha value is -2.52. The zero-order chi connectivity index (χ0) is 15.4. The minimum absolute atomic E-state index is 0.301. The van der Waals surface area contributed by atoms with Crippen molar-refractivity contribution in [2.24, 2.45) is 0 Å². The molecule has 1 fully saturated rings. The summed E-state index contributed by atoms with van der Waals surface area (Å²) in [4.78, 5) is 13.0. The second-order valence-electron chi connectivity index (χ2n) is 5.40. The summed E-state index contributed by atoms with van der Waals surface area (Å²) >= 11 is 0. The highest BCUT2D eigenvalue weighted by molar-refractivity contribution is 5.55. The summed E-state index contributed by atoms with van der Waals surface area (Å²) in [6.45, 7) is 2.94. The predicted octanol–water partition coefficient (Wildman–Crippen LogP) is 2.61. The van der Waals surface area contributed by atoms with Gasteiger partial charge in [0.2, 0.25) is 0 Å². The van der Waals surface area contributed by atoms with E-state index in [-0.39, 0.29) is 0 Å². The van der Waals surface area contributed by atoms with E-state index in [4.69, 9.17) is 5.26 Å². The quantitative estimate of drug-likeness (QED) is 0.905. The van der Waals surface area contributed by atoms with Gasteiger partial charge in [-0.1, -0.05) is 6.42 Å². The Balaban J connectivity index is 1.80. The number of anilines is 2. The summed E-state index contributed by atoms with van der Waals surface area (Å²) in [7, 11) is 0. The summed E-state index contributed by atoms with van der Waals surface area (Å²) in [6, 6.07) is 7.79. The molecule has 0 aliphatic carbocycles. The average molecular weight is 294 g/mol. The van der Waals surface area contributed by atoms with E-state index in [1.54, 1.807) is 12.3 Å². The minimum Gasteiger partial charge on any atom is -0.339 e. The van der Waals surface area contributed by atoms with Crippen LogP contribution in [0.2, 0.25) is 0 Å². The van der Waals surface area contributed by atoms with Crippen molar-refractivity contribution in [3.63, 3.8) is 0 Å². The fraction of sp³-hybridized carbons (Fsp3) is 0.375. The van der Waals surface area contributed by atoms with E-state index in [9.17, 15) is 0 Å². The number of hydrogen-bond donors (Lipinski definition) is 2. The number of rotatable bonds is 3. The molecule has 0 amide bonds. The normalized spacial score (nSPS) is 17.7. The molecule has 3 heterocycles. The molecule has 1 atom stereocenters. The molecule has 112 valence electrons. The molecule has 1 aliphatic heterocycles. The average Bonchev–Trinajstić information content (AvgIpc) is 2.56. The largest absolute Gasteiger partial charge is 0.339 e. The second kappa shape index (κ2) is 6.50. The van der Waals surface area contributed by atoms with Crippen molar-refractivity contribution < 1.29 is 0 Å². The number of aromatic nitrogens is 3. The maximum absolute atomic E-state index is 8.77. The minimum atomic E-state index is 0.301. The van der Waals surface area contributed by atoms with E-state index >= 15 is 0 Å². The lowest BCUT2D eigenvalue weighted by Gasteiger charge is -2.23. The summed E-state index contributed by atoms with van der Waals surface area (Å²) in [5, 5.41) is 15.5. The molecule has 0 saturated carbocycles. The zero-order valence-corrected chi connectivity index (χ0v) is 12.5. The molecule has 6 heteroatoms. The maximum Gasteiger partial charge on any atom is 0.140 e. The van der Waals surface area contributed by atoms with Crippen molar-refractivity contribution in [2.45, 2.75) is 32.2 Å². The van der Waals surface area contributed by atoms with E-state index in [2.05, 4.69) is 25.6 Å². The smallest absolute Gasteiger partial charge is 0.140 e. The number of pyridine rings is 1. The number of aryl methyl sites for hydroxylation is 1. The van der Waals surface area contributed by atoms with Crippen LogP contribution in [-0.2, 0) is 0 Å². The van der Waals surface area contributed by atoms with Gasteiger partial charge < -0.3 is 10.6 Å². The second-order valence-corrected chi connectivity index (χ2v) is 5.40. The van der Waals surface area contributed by atoms with Gasteiger partial charge in [0.1, 0.15) is 23.4 Å². The molecule has 22 heavy (non-hydrogen) atoms. The van der Waals surface area contributed by atoms with Gasteiger partial charge in [-0.3, -0.25) is 0 Å². The third kappa shape index (κ3) is 3.38. The molecule has 2 aromatic heterocycles. The van der Waals surface area contributed by atoms with E-state index in [1.165, 1.54) is 12.8 Å². The Morgan fingerprint density at radius 1 is 1.32 bits per heavy atom. The Morgan fingerprint density at radius 2 is 2.23 bits per heavy atom. The van der Waals surface area contributed by atoms with Gasteiger partial charge in [0, 0.05) is 12.1 Å². The Bertz CT molecular complexity index is 683. The van der Waals surface area contributed by atoms with Gasteiger partial charge in [-0.2, -0.15) is 5.26 Å². The lowest BCUT2D eigenvalue weighted by molar-refractivity contribution is 0.404. The van der Waals surface area contributed by atoms with Crippen LogP contribution in [0.1, 0.15) is 42.5 Å². The lowest BCUT2D eigenvalue weighted by Crippen LogP contribution is -2.27. The monoisotopic (exact) mass is 294 g/mol. The molecule has 2 N–H and O–H groups in total. The highest BCUT2D eigenvalue weighted by Crippen LogP contribution is 2.24. The Kier molecular flexibility index (Phi) is 4.26. The van der Waals surface area contributed by atoms with Gasteiger partial charge in [-0.15, -0.1) is 0 Å². The summed E-state index contributed by atoms with van der Waals surface area (Å²) in [5.41, 5.74) is 2.23. The van der Waals surface area contributed by atoms with Gasteiger partial charge in [0.25, 0.3) is 0 Å². The molecule has 0 spiro atoms. The van der Waals surface area contributed by atoms with Crippen molar-refractivity contribution in [3.8, 4) is 6.07 Å². The fourth-order valence-electron chi connectivity index (χ4n) is 2.62. The number of nitriles is 1. The van der Waals surface area contributed by atoms with Crippen LogP contribution >= 0.6 is 0 Å². The third-order valence-electron chi connectivity index (χ3n) is 3.68. The zero-order valence-electron chi connectivity index (χ0n) is 12.5. The lowest BCUT2D eigenvalue weighted by atomic mass is 10.0. The van der Waals surface area contributed by atoms with Gasteiger partial charge >= 0.3 is 0 Å². The fourth-order valence-corrected chi connectivity index (χ4v) is 2.62. The standard InChI is InChI=1S/C16H18N6/c1-11-20-15(14-4-2-3-7-18-14)8-16(21-11)22-13-6-5-12(9-17)19-10-13/h5-6,8,10,14,18H,2-4,7H2,1H3,(H,20,21,22)/t14-/m0/s1.